The quantitative estimate of drug-likeness (QED) is 0.384. The lowest BCUT2D eigenvalue weighted by molar-refractivity contribution is -0.198. The number of rotatable bonds is 0. The van der Waals surface area contributed by atoms with Gasteiger partial charge in [-0.05, 0) is 38.0 Å². The van der Waals surface area contributed by atoms with Gasteiger partial charge in [-0.1, -0.05) is 38.8 Å². The second kappa shape index (κ2) is 5.47. The number of Topliss-reactive ketones (excluding diaryl/α,β-unsaturated/α-hetero) is 1. The summed E-state index contributed by atoms with van der Waals surface area (Å²) in [4.78, 5) is 25.0. The summed E-state index contributed by atoms with van der Waals surface area (Å²) < 4.78 is 12.1. The van der Waals surface area contributed by atoms with E-state index in [2.05, 4.69) is 26.0 Å². The zero-order chi connectivity index (χ0) is 16.9. The molecule has 4 nitrogen and oxygen atoms in total. The number of allylic oxidation sites excluding steroid dienone is 1. The SMILES string of the molecule is C[C@H]1C[C@]23OC(=O)C4=C2O[C@@H](CCCCCC/C=C/[C@]13C)CC4=O. The predicted octanol–water partition coefficient (Wildman–Crippen LogP) is 3.85. The molecule has 4 rings (SSSR count). The summed E-state index contributed by atoms with van der Waals surface area (Å²) in [5, 5.41) is 0. The van der Waals surface area contributed by atoms with Gasteiger partial charge in [-0.25, -0.2) is 4.79 Å². The molecule has 24 heavy (non-hydrogen) atoms. The van der Waals surface area contributed by atoms with Crippen LogP contribution in [0.25, 0.3) is 0 Å². The van der Waals surface area contributed by atoms with E-state index in [4.69, 9.17) is 9.47 Å². The molecule has 0 unspecified atom stereocenters. The maximum Gasteiger partial charge on any atom is 0.346 e. The lowest BCUT2D eigenvalue weighted by Crippen LogP contribution is -2.62. The topological polar surface area (TPSA) is 52.6 Å². The zero-order valence-electron chi connectivity index (χ0n) is 14.6. The number of hydrogen-bond acceptors (Lipinski definition) is 4. The van der Waals surface area contributed by atoms with Crippen molar-refractivity contribution < 1.29 is 19.1 Å². The summed E-state index contributed by atoms with van der Waals surface area (Å²) in [5.41, 5.74) is -0.874. The van der Waals surface area contributed by atoms with Gasteiger partial charge < -0.3 is 9.47 Å². The summed E-state index contributed by atoms with van der Waals surface area (Å²) in [5.74, 6) is 0.354. The van der Waals surface area contributed by atoms with Crippen molar-refractivity contribution >= 4 is 11.8 Å². The normalized spacial score (nSPS) is 43.4. The average molecular weight is 330 g/mol. The molecule has 130 valence electrons. The van der Waals surface area contributed by atoms with Crippen molar-refractivity contribution in [3.63, 3.8) is 0 Å². The van der Waals surface area contributed by atoms with Gasteiger partial charge in [0.25, 0.3) is 0 Å². The Bertz CT molecular complexity index is 646. The first kappa shape index (κ1) is 15.9. The molecule has 4 aliphatic rings. The number of carbonyl (C=O) groups is 2. The smallest absolute Gasteiger partial charge is 0.346 e. The summed E-state index contributed by atoms with van der Waals surface area (Å²) in [6.07, 6.45) is 12.0. The van der Waals surface area contributed by atoms with Gasteiger partial charge in [-0.15, -0.1) is 0 Å². The van der Waals surface area contributed by atoms with Gasteiger partial charge in [0.1, 0.15) is 11.7 Å². The molecular formula is C20H26O4. The van der Waals surface area contributed by atoms with E-state index in [9.17, 15) is 9.59 Å². The van der Waals surface area contributed by atoms with Crippen LogP contribution >= 0.6 is 0 Å². The molecule has 1 fully saturated rings. The maximum atomic E-state index is 12.6. The minimum absolute atomic E-state index is 0.0936. The van der Waals surface area contributed by atoms with Gasteiger partial charge in [0.05, 0.1) is 0 Å². The zero-order valence-corrected chi connectivity index (χ0v) is 14.6. The highest BCUT2D eigenvalue weighted by Gasteiger charge is 2.70. The van der Waals surface area contributed by atoms with Crippen molar-refractivity contribution in [2.45, 2.75) is 76.9 Å². The Morgan fingerprint density at radius 2 is 1.96 bits per heavy atom. The first-order valence-electron chi connectivity index (χ1n) is 9.33. The van der Waals surface area contributed by atoms with Gasteiger partial charge >= 0.3 is 5.97 Å². The van der Waals surface area contributed by atoms with Crippen LogP contribution in [-0.2, 0) is 19.1 Å². The van der Waals surface area contributed by atoms with Gasteiger partial charge in [0.2, 0.25) is 0 Å². The number of hydrogen-bond donors (Lipinski definition) is 0. The molecule has 0 aromatic carbocycles. The Hall–Kier alpha value is -1.58. The van der Waals surface area contributed by atoms with Gasteiger partial charge in [-0.3, -0.25) is 4.79 Å². The molecule has 4 atom stereocenters. The number of carbonyl (C=O) groups excluding carboxylic acids is 2. The van der Waals surface area contributed by atoms with E-state index in [1.807, 2.05) is 0 Å². The van der Waals surface area contributed by atoms with Crippen LogP contribution in [0.15, 0.2) is 23.5 Å². The van der Waals surface area contributed by atoms with E-state index < -0.39 is 11.6 Å². The number of esters is 1. The lowest BCUT2D eigenvalue weighted by Gasteiger charge is -2.58. The fourth-order valence-electron chi connectivity index (χ4n) is 4.86. The number of ether oxygens (including phenoxy) is 2. The van der Waals surface area contributed by atoms with Crippen LogP contribution < -0.4 is 0 Å². The third kappa shape index (κ3) is 2.04. The van der Waals surface area contributed by atoms with Crippen molar-refractivity contribution in [1.82, 2.24) is 0 Å². The van der Waals surface area contributed by atoms with Gasteiger partial charge in [-0.2, -0.15) is 0 Å². The highest BCUT2D eigenvalue weighted by atomic mass is 16.6. The molecule has 1 aliphatic carbocycles. The molecule has 0 N–H and O–H groups in total. The van der Waals surface area contributed by atoms with Gasteiger partial charge in [0.15, 0.2) is 17.1 Å². The summed E-state index contributed by atoms with van der Waals surface area (Å²) in [6.45, 7) is 4.32. The van der Waals surface area contributed by atoms with Crippen molar-refractivity contribution in [2.75, 3.05) is 0 Å². The molecular weight excluding hydrogens is 304 g/mol. The molecule has 3 heterocycles. The van der Waals surface area contributed by atoms with E-state index in [-0.39, 0.29) is 22.9 Å². The van der Waals surface area contributed by atoms with E-state index in [1.54, 1.807) is 0 Å². The second-order valence-electron chi connectivity index (χ2n) is 8.07. The molecule has 0 radical (unpaired) electrons. The van der Waals surface area contributed by atoms with Gasteiger partial charge in [0, 0.05) is 11.8 Å². The summed E-state index contributed by atoms with van der Waals surface area (Å²) in [7, 11) is 0. The van der Waals surface area contributed by atoms with Crippen LogP contribution in [0.5, 0.6) is 0 Å². The van der Waals surface area contributed by atoms with E-state index >= 15 is 0 Å². The fourth-order valence-corrected chi connectivity index (χ4v) is 4.86. The van der Waals surface area contributed by atoms with Crippen molar-refractivity contribution in [1.29, 1.82) is 0 Å². The fraction of sp³-hybridized carbons (Fsp3) is 0.700. The van der Waals surface area contributed by atoms with Crippen LogP contribution in [0.4, 0.5) is 0 Å². The molecule has 0 aromatic heterocycles. The Labute approximate surface area is 143 Å². The molecule has 1 saturated carbocycles. The van der Waals surface area contributed by atoms with Crippen LogP contribution in [0.1, 0.15) is 65.2 Å². The third-order valence-corrected chi connectivity index (χ3v) is 6.64. The number of fused-ring (bicyclic) bond motifs is 1. The van der Waals surface area contributed by atoms with Crippen LogP contribution in [-0.4, -0.2) is 23.5 Å². The first-order valence-corrected chi connectivity index (χ1v) is 9.33. The minimum atomic E-state index is -0.766. The molecule has 0 aromatic rings. The molecule has 0 saturated heterocycles. The Kier molecular flexibility index (Phi) is 3.63. The Morgan fingerprint density at radius 3 is 2.75 bits per heavy atom. The van der Waals surface area contributed by atoms with Crippen LogP contribution in [0.2, 0.25) is 0 Å². The van der Waals surface area contributed by atoms with E-state index in [0.717, 1.165) is 25.7 Å². The monoisotopic (exact) mass is 330 g/mol. The van der Waals surface area contributed by atoms with E-state index in [0.29, 0.717) is 18.1 Å². The molecule has 3 aliphatic heterocycles. The van der Waals surface area contributed by atoms with Crippen LogP contribution in [0, 0.1) is 11.3 Å². The van der Waals surface area contributed by atoms with Crippen molar-refractivity contribution in [3.05, 3.63) is 23.5 Å². The Balaban J connectivity index is 1.78. The van der Waals surface area contributed by atoms with Crippen molar-refractivity contribution in [3.8, 4) is 0 Å². The molecule has 4 heteroatoms. The summed E-state index contributed by atoms with van der Waals surface area (Å²) in [6, 6.07) is 0. The highest BCUT2D eigenvalue weighted by molar-refractivity contribution is 6.20. The number of ketones is 1. The van der Waals surface area contributed by atoms with Crippen molar-refractivity contribution in [2.24, 2.45) is 11.3 Å². The second-order valence-corrected chi connectivity index (χ2v) is 8.07. The van der Waals surface area contributed by atoms with E-state index in [1.165, 1.54) is 19.3 Å². The molecule has 2 bridgehead atoms. The highest BCUT2D eigenvalue weighted by Crippen LogP contribution is 2.64. The third-order valence-electron chi connectivity index (χ3n) is 6.64. The maximum absolute atomic E-state index is 12.6. The largest absolute Gasteiger partial charge is 0.489 e. The first-order chi connectivity index (χ1) is 11.5. The predicted molar refractivity (Wildman–Crippen MR) is 89.1 cm³/mol. The lowest BCUT2D eigenvalue weighted by atomic mass is 9.50. The molecule has 1 spiro atoms. The average Bonchev–Trinajstić information content (AvgIpc) is 2.84. The Morgan fingerprint density at radius 1 is 1.17 bits per heavy atom. The minimum Gasteiger partial charge on any atom is -0.489 e. The van der Waals surface area contributed by atoms with Crippen LogP contribution in [0.3, 0.4) is 0 Å². The standard InChI is InChI=1S/C20H26O4/c1-13-12-20-17-16(18(22)24-20)15(21)11-14(23-17)9-7-5-3-4-6-8-10-19(13,20)2/h8,10,13-14H,3-7,9,11-12H2,1-2H3/b10-8+/t13-,14-,19+,20-/m0/s1. The summed E-state index contributed by atoms with van der Waals surface area (Å²) >= 11 is 0. The molecule has 0 amide bonds.